The quantitative estimate of drug-likeness (QED) is 0.737. The van der Waals surface area contributed by atoms with Crippen molar-refractivity contribution in [2.75, 3.05) is 43.9 Å². The summed E-state index contributed by atoms with van der Waals surface area (Å²) < 4.78 is 0. The van der Waals surface area contributed by atoms with Gasteiger partial charge in [0.05, 0.1) is 0 Å². The van der Waals surface area contributed by atoms with E-state index in [2.05, 4.69) is 26.8 Å². The number of nitrogen functional groups attached to an aromatic ring is 1. The Morgan fingerprint density at radius 1 is 1.19 bits per heavy atom. The van der Waals surface area contributed by atoms with Gasteiger partial charge < -0.3 is 15.5 Å². The molecule has 2 heterocycles. The van der Waals surface area contributed by atoms with Crippen LogP contribution >= 0.6 is 11.6 Å². The van der Waals surface area contributed by atoms with Crippen molar-refractivity contribution >= 4 is 23.4 Å². The normalized spacial score (nSPS) is 17.8. The lowest BCUT2D eigenvalue weighted by molar-refractivity contribution is 0.312. The van der Waals surface area contributed by atoms with Crippen LogP contribution < -0.4 is 10.6 Å². The topological polar surface area (TPSA) is 58.3 Å². The van der Waals surface area contributed by atoms with Gasteiger partial charge in [-0.05, 0) is 14.0 Å². The zero-order valence-electron chi connectivity index (χ0n) is 9.57. The lowest BCUT2D eigenvalue weighted by atomic mass is 10.2. The summed E-state index contributed by atoms with van der Waals surface area (Å²) in [5, 5.41) is 0.446. The molecule has 2 rings (SSSR count). The van der Waals surface area contributed by atoms with Crippen LogP contribution in [0, 0.1) is 6.92 Å². The molecule has 1 fully saturated rings. The first-order valence-electron chi connectivity index (χ1n) is 5.31. The summed E-state index contributed by atoms with van der Waals surface area (Å²) >= 11 is 6.00. The van der Waals surface area contributed by atoms with Gasteiger partial charge in [-0.3, -0.25) is 0 Å². The Kier molecular flexibility index (Phi) is 3.16. The predicted octanol–water partition coefficient (Wildman–Crippen LogP) is 0.772. The molecule has 0 bridgehead atoms. The molecule has 6 heteroatoms. The molecule has 0 aromatic carbocycles. The fourth-order valence-corrected chi connectivity index (χ4v) is 1.99. The lowest BCUT2D eigenvalue weighted by Crippen LogP contribution is -2.45. The number of piperazine rings is 1. The highest BCUT2D eigenvalue weighted by Gasteiger charge is 2.19. The molecule has 88 valence electrons. The lowest BCUT2D eigenvalue weighted by Gasteiger charge is -2.34. The number of likely N-dealkylation sites (N-methyl/N-ethyl adjacent to an activating group) is 1. The van der Waals surface area contributed by atoms with Gasteiger partial charge in [0.2, 0.25) is 5.95 Å². The second-order valence-corrected chi connectivity index (χ2v) is 4.47. The molecule has 0 atom stereocenters. The summed E-state index contributed by atoms with van der Waals surface area (Å²) in [7, 11) is 2.12. The molecule has 0 amide bonds. The SMILES string of the molecule is Cc1c(Cl)nc(N)nc1N1CCN(C)CC1. The Hall–Kier alpha value is -1.07. The van der Waals surface area contributed by atoms with E-state index in [1.165, 1.54) is 0 Å². The van der Waals surface area contributed by atoms with Gasteiger partial charge in [0.1, 0.15) is 11.0 Å². The van der Waals surface area contributed by atoms with Crippen molar-refractivity contribution in [3.8, 4) is 0 Å². The molecule has 1 aliphatic rings. The van der Waals surface area contributed by atoms with E-state index in [0.717, 1.165) is 37.6 Å². The van der Waals surface area contributed by atoms with Gasteiger partial charge in [0.25, 0.3) is 0 Å². The van der Waals surface area contributed by atoms with Gasteiger partial charge in [-0.2, -0.15) is 4.98 Å². The molecular formula is C10H16ClN5. The van der Waals surface area contributed by atoms with Gasteiger partial charge in [0.15, 0.2) is 0 Å². The average Bonchev–Trinajstić information content (AvgIpc) is 2.25. The monoisotopic (exact) mass is 241 g/mol. The smallest absolute Gasteiger partial charge is 0.223 e. The maximum atomic E-state index is 6.00. The Labute approximate surface area is 100 Å². The molecule has 1 aliphatic heterocycles. The minimum atomic E-state index is 0.240. The first-order chi connectivity index (χ1) is 7.58. The van der Waals surface area contributed by atoms with Crippen LogP contribution in [0.5, 0.6) is 0 Å². The van der Waals surface area contributed by atoms with Crippen molar-refractivity contribution in [2.45, 2.75) is 6.92 Å². The van der Waals surface area contributed by atoms with Gasteiger partial charge >= 0.3 is 0 Å². The number of anilines is 2. The van der Waals surface area contributed by atoms with E-state index in [4.69, 9.17) is 17.3 Å². The molecular weight excluding hydrogens is 226 g/mol. The standard InChI is InChI=1S/C10H16ClN5/c1-7-8(11)13-10(12)14-9(7)16-5-3-15(2)4-6-16/h3-6H2,1-2H3,(H2,12,13,14). The summed E-state index contributed by atoms with van der Waals surface area (Å²) in [5.41, 5.74) is 6.52. The Bertz CT molecular complexity index is 387. The minimum Gasteiger partial charge on any atom is -0.368 e. The largest absolute Gasteiger partial charge is 0.368 e. The number of halogens is 1. The first-order valence-corrected chi connectivity index (χ1v) is 5.69. The molecule has 0 saturated carbocycles. The molecule has 1 saturated heterocycles. The third-order valence-corrected chi connectivity index (χ3v) is 3.25. The highest BCUT2D eigenvalue weighted by Crippen LogP contribution is 2.24. The van der Waals surface area contributed by atoms with Gasteiger partial charge in [0, 0.05) is 31.7 Å². The van der Waals surface area contributed by atoms with Crippen molar-refractivity contribution in [1.82, 2.24) is 14.9 Å². The summed E-state index contributed by atoms with van der Waals surface area (Å²) in [5.74, 6) is 1.11. The summed E-state index contributed by atoms with van der Waals surface area (Å²) in [4.78, 5) is 12.7. The highest BCUT2D eigenvalue weighted by atomic mass is 35.5. The third kappa shape index (κ3) is 2.20. The predicted molar refractivity (Wildman–Crippen MR) is 65.9 cm³/mol. The molecule has 1 aromatic heterocycles. The molecule has 0 radical (unpaired) electrons. The maximum Gasteiger partial charge on any atom is 0.223 e. The number of hydrogen-bond donors (Lipinski definition) is 1. The number of aromatic nitrogens is 2. The fraction of sp³-hybridized carbons (Fsp3) is 0.600. The summed E-state index contributed by atoms with van der Waals surface area (Å²) in [6.07, 6.45) is 0. The van der Waals surface area contributed by atoms with Crippen LogP contribution in [0.25, 0.3) is 0 Å². The number of nitrogens with two attached hydrogens (primary N) is 1. The third-order valence-electron chi connectivity index (χ3n) is 2.88. The van der Waals surface area contributed by atoms with Crippen LogP contribution in [0.4, 0.5) is 11.8 Å². The van der Waals surface area contributed by atoms with E-state index < -0.39 is 0 Å². The number of hydrogen-bond acceptors (Lipinski definition) is 5. The van der Waals surface area contributed by atoms with Gasteiger partial charge in [-0.15, -0.1) is 0 Å². The summed E-state index contributed by atoms with van der Waals surface area (Å²) in [6, 6.07) is 0. The average molecular weight is 242 g/mol. The van der Waals surface area contributed by atoms with Crippen molar-refractivity contribution in [2.24, 2.45) is 0 Å². The second-order valence-electron chi connectivity index (χ2n) is 4.11. The molecule has 16 heavy (non-hydrogen) atoms. The van der Waals surface area contributed by atoms with Crippen LogP contribution in [0.1, 0.15) is 5.56 Å². The van der Waals surface area contributed by atoms with Crippen LogP contribution in [0.2, 0.25) is 5.15 Å². The summed E-state index contributed by atoms with van der Waals surface area (Å²) in [6.45, 7) is 5.88. The first kappa shape index (κ1) is 11.4. The Morgan fingerprint density at radius 2 is 1.81 bits per heavy atom. The van der Waals surface area contributed by atoms with Gasteiger partial charge in [-0.1, -0.05) is 11.6 Å². The van der Waals surface area contributed by atoms with E-state index in [1.54, 1.807) is 0 Å². The minimum absolute atomic E-state index is 0.240. The molecule has 1 aromatic rings. The molecule has 0 spiro atoms. The van der Waals surface area contributed by atoms with Crippen molar-refractivity contribution in [3.63, 3.8) is 0 Å². The van der Waals surface area contributed by atoms with E-state index in [-0.39, 0.29) is 5.95 Å². The van der Waals surface area contributed by atoms with Crippen molar-refractivity contribution in [3.05, 3.63) is 10.7 Å². The number of nitrogens with zero attached hydrogens (tertiary/aromatic N) is 4. The van der Waals surface area contributed by atoms with E-state index in [1.807, 2.05) is 6.92 Å². The van der Waals surface area contributed by atoms with E-state index in [0.29, 0.717) is 5.15 Å². The Balaban J connectivity index is 2.26. The zero-order valence-corrected chi connectivity index (χ0v) is 10.3. The van der Waals surface area contributed by atoms with Crippen LogP contribution in [0.3, 0.4) is 0 Å². The second kappa shape index (κ2) is 4.43. The Morgan fingerprint density at radius 3 is 2.44 bits per heavy atom. The van der Waals surface area contributed by atoms with Crippen LogP contribution in [-0.4, -0.2) is 48.1 Å². The maximum absolute atomic E-state index is 6.00. The van der Waals surface area contributed by atoms with E-state index >= 15 is 0 Å². The molecule has 5 nitrogen and oxygen atoms in total. The van der Waals surface area contributed by atoms with Crippen molar-refractivity contribution in [1.29, 1.82) is 0 Å². The van der Waals surface area contributed by atoms with Gasteiger partial charge in [-0.25, -0.2) is 4.98 Å². The van der Waals surface area contributed by atoms with E-state index in [9.17, 15) is 0 Å². The molecule has 2 N–H and O–H groups in total. The zero-order chi connectivity index (χ0) is 11.7. The number of rotatable bonds is 1. The molecule has 0 aliphatic carbocycles. The van der Waals surface area contributed by atoms with Crippen LogP contribution in [-0.2, 0) is 0 Å². The molecule has 0 unspecified atom stereocenters. The van der Waals surface area contributed by atoms with Crippen LogP contribution in [0.15, 0.2) is 0 Å². The fourth-order valence-electron chi connectivity index (χ4n) is 1.82. The highest BCUT2D eigenvalue weighted by molar-refractivity contribution is 6.30. The van der Waals surface area contributed by atoms with Crippen molar-refractivity contribution < 1.29 is 0 Å².